The Balaban J connectivity index is 2.29. The summed E-state index contributed by atoms with van der Waals surface area (Å²) in [5, 5.41) is 12.9. The van der Waals surface area contributed by atoms with Gasteiger partial charge in [-0.2, -0.15) is 5.10 Å². The highest BCUT2D eigenvalue weighted by atomic mass is 15.1. The minimum absolute atomic E-state index is 0.821. The van der Waals surface area contributed by atoms with Crippen LogP contribution in [0.3, 0.4) is 0 Å². The van der Waals surface area contributed by atoms with Crippen molar-refractivity contribution in [2.75, 3.05) is 5.73 Å². The molecule has 0 radical (unpaired) electrons. The van der Waals surface area contributed by atoms with Crippen molar-refractivity contribution in [2.45, 2.75) is 0 Å². The van der Waals surface area contributed by atoms with Crippen molar-refractivity contribution in [2.24, 2.45) is 0 Å². The van der Waals surface area contributed by atoms with Crippen LogP contribution in [-0.4, -0.2) is 10.2 Å². The van der Waals surface area contributed by atoms with Crippen molar-refractivity contribution >= 4 is 38.1 Å². The van der Waals surface area contributed by atoms with Crippen LogP contribution in [0.4, 0.5) is 5.69 Å². The molecule has 0 saturated heterocycles. The van der Waals surface area contributed by atoms with E-state index < -0.39 is 0 Å². The first-order valence-electron chi connectivity index (χ1n) is 5.87. The van der Waals surface area contributed by atoms with Crippen LogP contribution >= 0.6 is 0 Å². The van der Waals surface area contributed by atoms with Gasteiger partial charge in [-0.15, -0.1) is 0 Å². The topological polar surface area (TPSA) is 54.7 Å². The maximum Gasteiger partial charge on any atom is 0.0656 e. The molecule has 3 heteroatoms. The lowest BCUT2D eigenvalue weighted by Gasteiger charge is -2.06. The van der Waals surface area contributed by atoms with Crippen molar-refractivity contribution in [3.63, 3.8) is 0 Å². The van der Waals surface area contributed by atoms with Crippen LogP contribution in [0.25, 0.3) is 32.4 Å². The molecule has 0 unspecified atom stereocenters. The molecule has 3 nitrogen and oxygen atoms in total. The van der Waals surface area contributed by atoms with E-state index in [0.717, 1.165) is 22.0 Å². The van der Waals surface area contributed by atoms with E-state index in [1.807, 2.05) is 18.3 Å². The first kappa shape index (κ1) is 9.48. The second-order valence-electron chi connectivity index (χ2n) is 4.54. The first-order valence-corrected chi connectivity index (χ1v) is 5.87. The van der Waals surface area contributed by atoms with Crippen LogP contribution < -0.4 is 5.73 Å². The zero-order valence-electron chi connectivity index (χ0n) is 9.64. The van der Waals surface area contributed by atoms with Gasteiger partial charge in [0.1, 0.15) is 0 Å². The third-order valence-electron chi connectivity index (χ3n) is 3.47. The number of anilines is 1. The fraction of sp³-hybridized carbons (Fsp3) is 0. The van der Waals surface area contributed by atoms with E-state index in [9.17, 15) is 0 Å². The van der Waals surface area contributed by atoms with Gasteiger partial charge in [-0.1, -0.05) is 24.3 Å². The highest BCUT2D eigenvalue weighted by molar-refractivity contribution is 6.14. The summed E-state index contributed by atoms with van der Waals surface area (Å²) in [6.07, 6.45) is 1.85. The van der Waals surface area contributed by atoms with E-state index in [1.54, 1.807) is 0 Å². The molecule has 3 aromatic carbocycles. The van der Waals surface area contributed by atoms with Gasteiger partial charge in [-0.05, 0) is 34.4 Å². The van der Waals surface area contributed by atoms with Gasteiger partial charge in [0.15, 0.2) is 0 Å². The molecule has 0 aliphatic rings. The number of hydrogen-bond acceptors (Lipinski definition) is 2. The highest BCUT2D eigenvalue weighted by Gasteiger charge is 2.05. The number of H-pyrrole nitrogens is 1. The van der Waals surface area contributed by atoms with Crippen molar-refractivity contribution < 1.29 is 0 Å². The predicted molar refractivity (Wildman–Crippen MR) is 75.5 cm³/mol. The summed E-state index contributed by atoms with van der Waals surface area (Å²) < 4.78 is 0. The largest absolute Gasteiger partial charge is 0.398 e. The molecule has 0 aliphatic carbocycles. The number of nitrogen functional groups attached to an aromatic ring is 1. The van der Waals surface area contributed by atoms with Crippen LogP contribution in [-0.2, 0) is 0 Å². The number of aromatic amines is 1. The highest BCUT2D eigenvalue weighted by Crippen LogP contribution is 2.31. The third-order valence-corrected chi connectivity index (χ3v) is 3.47. The SMILES string of the molecule is Nc1cccc2c1ccc1cc3[nH]ncc3cc12. The number of nitrogens with one attached hydrogen (secondary N) is 1. The number of hydrogen-bond donors (Lipinski definition) is 2. The Hall–Kier alpha value is -2.55. The molecule has 0 saturated carbocycles. The number of benzene rings is 3. The van der Waals surface area contributed by atoms with Gasteiger partial charge >= 0.3 is 0 Å². The van der Waals surface area contributed by atoms with Gasteiger partial charge in [0, 0.05) is 16.5 Å². The lowest BCUT2D eigenvalue weighted by molar-refractivity contribution is 1.12. The predicted octanol–water partition coefficient (Wildman–Crippen LogP) is 3.45. The molecule has 3 N–H and O–H groups in total. The van der Waals surface area contributed by atoms with Crippen molar-refractivity contribution in [1.82, 2.24) is 10.2 Å². The van der Waals surface area contributed by atoms with E-state index in [4.69, 9.17) is 5.73 Å². The van der Waals surface area contributed by atoms with Gasteiger partial charge in [0.2, 0.25) is 0 Å². The molecule has 0 atom stereocenters. The molecular formula is C15H11N3. The van der Waals surface area contributed by atoms with Gasteiger partial charge < -0.3 is 5.73 Å². The van der Waals surface area contributed by atoms with Crippen molar-refractivity contribution in [3.8, 4) is 0 Å². The Bertz CT molecular complexity index is 890. The molecule has 0 fully saturated rings. The Labute approximate surface area is 103 Å². The summed E-state index contributed by atoms with van der Waals surface area (Å²) in [4.78, 5) is 0. The summed E-state index contributed by atoms with van der Waals surface area (Å²) in [6, 6.07) is 14.5. The maximum absolute atomic E-state index is 6.02. The van der Waals surface area contributed by atoms with Crippen LogP contribution in [0.5, 0.6) is 0 Å². The Morgan fingerprint density at radius 1 is 0.889 bits per heavy atom. The molecule has 86 valence electrons. The van der Waals surface area contributed by atoms with Crippen LogP contribution in [0.2, 0.25) is 0 Å². The average Bonchev–Trinajstić information content (AvgIpc) is 2.83. The van der Waals surface area contributed by atoms with E-state index in [-0.39, 0.29) is 0 Å². The second-order valence-corrected chi connectivity index (χ2v) is 4.54. The van der Waals surface area contributed by atoms with E-state index >= 15 is 0 Å². The fourth-order valence-electron chi connectivity index (χ4n) is 2.56. The number of fused-ring (bicyclic) bond motifs is 4. The van der Waals surface area contributed by atoms with E-state index in [1.165, 1.54) is 16.2 Å². The number of rotatable bonds is 0. The number of nitrogens with two attached hydrogens (primary N) is 1. The van der Waals surface area contributed by atoms with Crippen LogP contribution in [0, 0.1) is 0 Å². The Kier molecular flexibility index (Phi) is 1.70. The molecule has 0 bridgehead atoms. The summed E-state index contributed by atoms with van der Waals surface area (Å²) in [7, 11) is 0. The summed E-state index contributed by atoms with van der Waals surface area (Å²) in [5.74, 6) is 0. The Morgan fingerprint density at radius 2 is 1.83 bits per heavy atom. The minimum atomic E-state index is 0.821. The second kappa shape index (κ2) is 3.23. The maximum atomic E-state index is 6.02. The average molecular weight is 233 g/mol. The molecule has 4 rings (SSSR count). The molecule has 1 aromatic heterocycles. The lowest BCUT2D eigenvalue weighted by Crippen LogP contribution is -1.87. The van der Waals surface area contributed by atoms with Gasteiger partial charge in [0.25, 0.3) is 0 Å². The van der Waals surface area contributed by atoms with Crippen molar-refractivity contribution in [1.29, 1.82) is 0 Å². The van der Waals surface area contributed by atoms with E-state index in [0.29, 0.717) is 0 Å². The molecular weight excluding hydrogens is 222 g/mol. The molecule has 1 heterocycles. The zero-order valence-corrected chi connectivity index (χ0v) is 9.64. The summed E-state index contributed by atoms with van der Waals surface area (Å²) in [5.41, 5.74) is 7.90. The lowest BCUT2D eigenvalue weighted by atomic mass is 10.00. The Morgan fingerprint density at radius 3 is 2.78 bits per heavy atom. The normalized spacial score (nSPS) is 11.6. The molecule has 0 amide bonds. The van der Waals surface area contributed by atoms with Gasteiger partial charge in [-0.3, -0.25) is 5.10 Å². The zero-order chi connectivity index (χ0) is 12.1. The van der Waals surface area contributed by atoms with E-state index in [2.05, 4.69) is 40.5 Å². The summed E-state index contributed by atoms with van der Waals surface area (Å²) in [6.45, 7) is 0. The summed E-state index contributed by atoms with van der Waals surface area (Å²) >= 11 is 0. The molecule has 0 aliphatic heterocycles. The van der Waals surface area contributed by atoms with Gasteiger partial charge in [-0.25, -0.2) is 0 Å². The number of nitrogens with zero attached hydrogens (tertiary/aromatic N) is 1. The third kappa shape index (κ3) is 1.16. The first-order chi connectivity index (χ1) is 8.83. The minimum Gasteiger partial charge on any atom is -0.398 e. The van der Waals surface area contributed by atoms with Crippen LogP contribution in [0.1, 0.15) is 0 Å². The quantitative estimate of drug-likeness (QED) is 0.361. The van der Waals surface area contributed by atoms with Gasteiger partial charge in [0.05, 0.1) is 11.7 Å². The fourth-order valence-corrected chi connectivity index (χ4v) is 2.56. The molecule has 4 aromatic rings. The van der Waals surface area contributed by atoms with Crippen LogP contribution in [0.15, 0.2) is 48.7 Å². The molecule has 18 heavy (non-hydrogen) atoms. The standard InChI is InChI=1S/C15H11N3/c16-14-3-1-2-11-12(14)5-4-9-7-15-10(6-13(9)11)8-17-18-15/h1-8H,16H2,(H,17,18). The smallest absolute Gasteiger partial charge is 0.0656 e. The molecule has 0 spiro atoms. The van der Waals surface area contributed by atoms with Crippen molar-refractivity contribution in [3.05, 3.63) is 48.7 Å². The monoisotopic (exact) mass is 233 g/mol. The number of aromatic nitrogens is 2.